The number of carbonyl (C=O) groups is 1. The topological polar surface area (TPSA) is 64.0 Å². The number of benzene rings is 3. The molecule has 0 radical (unpaired) electrons. The summed E-state index contributed by atoms with van der Waals surface area (Å²) in [6, 6.07) is 17.1. The van der Waals surface area contributed by atoms with Gasteiger partial charge in [-0.2, -0.15) is 13.2 Å². The molecule has 4 rings (SSSR count). The summed E-state index contributed by atoms with van der Waals surface area (Å²) < 4.78 is 54.2. The maximum absolute atomic E-state index is 13.3. The smallest absolute Gasteiger partial charge is 0.324 e. The van der Waals surface area contributed by atoms with E-state index in [0.29, 0.717) is 17.1 Å². The molecule has 3 aromatic carbocycles. The second kappa shape index (κ2) is 8.26. The molecule has 0 aliphatic carbocycles. The maximum Gasteiger partial charge on any atom is 0.418 e. The normalized spacial score (nSPS) is 11.5. The highest BCUT2D eigenvalue weighted by Crippen LogP contribution is 2.35. The molecule has 0 atom stereocenters. The van der Waals surface area contributed by atoms with Gasteiger partial charge in [-0.15, -0.1) is 0 Å². The number of alkyl halides is 3. The third kappa shape index (κ3) is 4.22. The molecular weight excluding hydrogens is 426 g/mol. The molecule has 0 saturated carbocycles. The molecule has 5 nitrogen and oxygen atoms in total. The molecule has 0 spiro atoms. The van der Waals surface area contributed by atoms with E-state index in [0.717, 1.165) is 16.7 Å². The zero-order valence-electron chi connectivity index (χ0n) is 16.4. The van der Waals surface area contributed by atoms with E-state index in [2.05, 4.69) is 10.3 Å². The van der Waals surface area contributed by atoms with Gasteiger partial charge >= 0.3 is 6.18 Å². The molecular formula is C23H15F4N3O2. The number of fused-ring (bicyclic) bond motifs is 1. The number of para-hydroxylation sites is 1. The SMILES string of the molecule is O=C(Cn1c(-c2ccccc2)nc2ccccc2c1=O)Nc1ccc(F)cc1C(F)(F)F. The first-order valence-electron chi connectivity index (χ1n) is 9.45. The molecule has 0 saturated heterocycles. The molecule has 1 N–H and O–H groups in total. The largest absolute Gasteiger partial charge is 0.418 e. The summed E-state index contributed by atoms with van der Waals surface area (Å²) in [6.07, 6.45) is -4.87. The number of hydrogen-bond donors (Lipinski definition) is 1. The number of nitrogens with one attached hydrogen (secondary N) is 1. The molecule has 4 aromatic rings. The fraction of sp³-hybridized carbons (Fsp3) is 0.0870. The molecule has 0 bridgehead atoms. The van der Waals surface area contributed by atoms with E-state index in [1.807, 2.05) is 0 Å². The number of rotatable bonds is 4. The molecule has 0 aliphatic rings. The van der Waals surface area contributed by atoms with Crippen LogP contribution >= 0.6 is 0 Å². The van der Waals surface area contributed by atoms with Crippen molar-refractivity contribution in [3.63, 3.8) is 0 Å². The van der Waals surface area contributed by atoms with E-state index in [1.165, 1.54) is 0 Å². The van der Waals surface area contributed by atoms with E-state index in [4.69, 9.17) is 0 Å². The second-order valence-electron chi connectivity index (χ2n) is 6.95. The van der Waals surface area contributed by atoms with Gasteiger partial charge in [-0.3, -0.25) is 14.2 Å². The zero-order chi connectivity index (χ0) is 22.9. The van der Waals surface area contributed by atoms with Crippen LogP contribution < -0.4 is 10.9 Å². The van der Waals surface area contributed by atoms with Gasteiger partial charge in [0.15, 0.2) is 0 Å². The van der Waals surface area contributed by atoms with Gasteiger partial charge in [-0.25, -0.2) is 9.37 Å². The van der Waals surface area contributed by atoms with Gasteiger partial charge in [0.1, 0.15) is 18.2 Å². The van der Waals surface area contributed by atoms with Crippen molar-refractivity contribution in [1.29, 1.82) is 0 Å². The van der Waals surface area contributed by atoms with Crippen LogP contribution in [0.4, 0.5) is 23.2 Å². The van der Waals surface area contributed by atoms with Crippen LogP contribution in [0.25, 0.3) is 22.3 Å². The first-order valence-corrected chi connectivity index (χ1v) is 9.45. The molecule has 0 fully saturated rings. The Balaban J connectivity index is 1.76. The lowest BCUT2D eigenvalue weighted by Crippen LogP contribution is -2.30. The highest BCUT2D eigenvalue weighted by Gasteiger charge is 2.34. The first kappa shape index (κ1) is 21.2. The van der Waals surface area contributed by atoms with Crippen molar-refractivity contribution in [1.82, 2.24) is 9.55 Å². The Kier molecular flexibility index (Phi) is 5.48. The molecule has 0 aliphatic heterocycles. The van der Waals surface area contributed by atoms with Crippen molar-refractivity contribution in [2.75, 3.05) is 5.32 Å². The number of halogens is 4. The minimum absolute atomic E-state index is 0.194. The van der Waals surface area contributed by atoms with Crippen LogP contribution in [0.15, 0.2) is 77.6 Å². The van der Waals surface area contributed by atoms with Crippen LogP contribution in [-0.4, -0.2) is 15.5 Å². The van der Waals surface area contributed by atoms with E-state index in [1.54, 1.807) is 54.6 Å². The fourth-order valence-electron chi connectivity index (χ4n) is 3.32. The van der Waals surface area contributed by atoms with E-state index >= 15 is 0 Å². The summed E-state index contributed by atoms with van der Waals surface area (Å²) in [4.78, 5) is 30.2. The van der Waals surface area contributed by atoms with E-state index < -0.39 is 41.3 Å². The van der Waals surface area contributed by atoms with Gasteiger partial charge in [0.2, 0.25) is 5.91 Å². The summed E-state index contributed by atoms with van der Waals surface area (Å²) in [6.45, 7) is -0.588. The minimum Gasteiger partial charge on any atom is -0.324 e. The predicted molar refractivity (Wildman–Crippen MR) is 111 cm³/mol. The Morgan fingerprint density at radius 2 is 1.66 bits per heavy atom. The number of anilines is 1. The monoisotopic (exact) mass is 441 g/mol. The number of nitrogens with zero attached hydrogens (tertiary/aromatic N) is 2. The van der Waals surface area contributed by atoms with Gasteiger partial charge in [0.05, 0.1) is 22.2 Å². The molecule has 162 valence electrons. The number of carbonyl (C=O) groups excluding carboxylic acids is 1. The lowest BCUT2D eigenvalue weighted by molar-refractivity contribution is -0.137. The van der Waals surface area contributed by atoms with Gasteiger partial charge in [0.25, 0.3) is 5.56 Å². The van der Waals surface area contributed by atoms with Crippen LogP contribution in [0.1, 0.15) is 5.56 Å². The Bertz CT molecular complexity index is 1370. The van der Waals surface area contributed by atoms with Crippen molar-refractivity contribution in [2.45, 2.75) is 12.7 Å². The van der Waals surface area contributed by atoms with Crippen LogP contribution in [-0.2, 0) is 17.5 Å². The standard InChI is InChI=1S/C23H15F4N3O2/c24-15-10-11-19(17(12-15)23(25,26)27)28-20(31)13-30-21(14-6-2-1-3-7-14)29-18-9-5-4-8-16(18)22(30)32/h1-12H,13H2,(H,28,31). The Labute approximate surface area is 179 Å². The van der Waals surface area contributed by atoms with Gasteiger partial charge in [-0.1, -0.05) is 42.5 Å². The van der Waals surface area contributed by atoms with Gasteiger partial charge in [0, 0.05) is 5.56 Å². The average Bonchev–Trinajstić information content (AvgIpc) is 2.77. The quantitative estimate of drug-likeness (QED) is 0.460. The highest BCUT2D eigenvalue weighted by molar-refractivity contribution is 5.92. The van der Waals surface area contributed by atoms with Crippen LogP contribution in [0.5, 0.6) is 0 Å². The van der Waals surface area contributed by atoms with E-state index in [9.17, 15) is 27.2 Å². The Morgan fingerprint density at radius 3 is 2.38 bits per heavy atom. The van der Waals surface area contributed by atoms with Crippen molar-refractivity contribution in [3.8, 4) is 11.4 Å². The average molecular weight is 441 g/mol. The lowest BCUT2D eigenvalue weighted by Gasteiger charge is -2.16. The van der Waals surface area contributed by atoms with Gasteiger partial charge < -0.3 is 5.32 Å². The molecule has 32 heavy (non-hydrogen) atoms. The van der Waals surface area contributed by atoms with Crippen molar-refractivity contribution in [2.24, 2.45) is 0 Å². The zero-order valence-corrected chi connectivity index (χ0v) is 16.4. The van der Waals surface area contributed by atoms with Gasteiger partial charge in [-0.05, 0) is 30.3 Å². The molecule has 0 unspecified atom stereocenters. The molecule has 1 aromatic heterocycles. The number of aromatic nitrogens is 2. The molecule has 9 heteroatoms. The Hall–Kier alpha value is -4.01. The summed E-state index contributed by atoms with van der Waals surface area (Å²) in [5.41, 5.74) is -1.46. The third-order valence-electron chi connectivity index (χ3n) is 4.76. The second-order valence-corrected chi connectivity index (χ2v) is 6.95. The van der Waals surface area contributed by atoms with Crippen molar-refractivity contribution < 1.29 is 22.4 Å². The van der Waals surface area contributed by atoms with Crippen LogP contribution in [0.3, 0.4) is 0 Å². The van der Waals surface area contributed by atoms with Crippen molar-refractivity contribution in [3.05, 3.63) is 94.5 Å². The van der Waals surface area contributed by atoms with Crippen LogP contribution in [0, 0.1) is 5.82 Å². The summed E-state index contributed by atoms with van der Waals surface area (Å²) in [5, 5.41) is 2.40. The summed E-state index contributed by atoms with van der Waals surface area (Å²) in [5.74, 6) is -1.78. The fourth-order valence-corrected chi connectivity index (χ4v) is 3.32. The van der Waals surface area contributed by atoms with Crippen LogP contribution in [0.2, 0.25) is 0 Å². The minimum atomic E-state index is -4.87. The maximum atomic E-state index is 13.3. The predicted octanol–water partition coefficient (Wildman–Crippen LogP) is 4.86. The Morgan fingerprint density at radius 1 is 0.969 bits per heavy atom. The summed E-state index contributed by atoms with van der Waals surface area (Å²) in [7, 11) is 0. The van der Waals surface area contributed by atoms with E-state index in [-0.39, 0.29) is 11.2 Å². The first-order chi connectivity index (χ1) is 15.2. The lowest BCUT2D eigenvalue weighted by atomic mass is 10.1. The molecule has 1 amide bonds. The third-order valence-corrected chi connectivity index (χ3v) is 4.76. The summed E-state index contributed by atoms with van der Waals surface area (Å²) >= 11 is 0. The number of amides is 1. The highest BCUT2D eigenvalue weighted by atomic mass is 19.4. The van der Waals surface area contributed by atoms with Crippen molar-refractivity contribution >= 4 is 22.5 Å². The molecule has 1 heterocycles. The number of hydrogen-bond acceptors (Lipinski definition) is 3.